The van der Waals surface area contributed by atoms with Crippen molar-refractivity contribution in [2.75, 3.05) is 30.4 Å². The summed E-state index contributed by atoms with van der Waals surface area (Å²) in [7, 11) is 0. The van der Waals surface area contributed by atoms with E-state index in [1.54, 1.807) is 29.2 Å². The number of aromatic nitrogens is 3. The van der Waals surface area contributed by atoms with Crippen LogP contribution in [0.3, 0.4) is 0 Å². The van der Waals surface area contributed by atoms with Crippen molar-refractivity contribution in [1.29, 1.82) is 0 Å². The Balaban J connectivity index is 1.72. The number of nitrogens with zero attached hydrogens (tertiary/aromatic N) is 3. The number of carbonyl (C=O) groups excluding carboxylic acids is 1. The third-order valence-corrected chi connectivity index (χ3v) is 4.13. The van der Waals surface area contributed by atoms with Crippen molar-refractivity contribution in [2.45, 2.75) is 13.8 Å². The highest BCUT2D eigenvalue weighted by molar-refractivity contribution is 6.31. The van der Waals surface area contributed by atoms with Crippen LogP contribution in [-0.4, -0.2) is 40.4 Å². The van der Waals surface area contributed by atoms with Gasteiger partial charge in [0.25, 0.3) is 0 Å². The van der Waals surface area contributed by atoms with E-state index in [2.05, 4.69) is 20.7 Å². The van der Waals surface area contributed by atoms with Gasteiger partial charge in [0.05, 0.1) is 36.8 Å². The van der Waals surface area contributed by atoms with E-state index in [1.165, 1.54) is 6.33 Å². The number of hydrogen-bond acceptors (Lipinski definition) is 6. The molecule has 0 saturated heterocycles. The lowest BCUT2D eigenvalue weighted by Gasteiger charge is -2.15. The van der Waals surface area contributed by atoms with Crippen LogP contribution in [0.25, 0.3) is 5.69 Å². The Hall–Kier alpha value is -3.26. The van der Waals surface area contributed by atoms with Crippen LogP contribution in [0.5, 0.6) is 11.5 Å². The monoisotopic (exact) mass is 415 g/mol. The van der Waals surface area contributed by atoms with Crippen LogP contribution in [0.2, 0.25) is 5.02 Å². The van der Waals surface area contributed by atoms with Crippen molar-refractivity contribution in [3.8, 4) is 17.2 Å². The molecule has 0 bridgehead atoms. The van der Waals surface area contributed by atoms with Gasteiger partial charge >= 0.3 is 0 Å². The minimum Gasteiger partial charge on any atom is -0.494 e. The Morgan fingerprint density at radius 3 is 2.66 bits per heavy atom. The van der Waals surface area contributed by atoms with Crippen LogP contribution < -0.4 is 20.1 Å². The average molecular weight is 416 g/mol. The van der Waals surface area contributed by atoms with Gasteiger partial charge in [-0.3, -0.25) is 4.79 Å². The van der Waals surface area contributed by atoms with Gasteiger partial charge in [-0.2, -0.15) is 5.10 Å². The first kappa shape index (κ1) is 20.5. The zero-order chi connectivity index (χ0) is 20.6. The molecule has 0 spiro atoms. The Bertz CT molecular complexity index is 963. The molecule has 0 radical (unpaired) electrons. The molecule has 2 N–H and O–H groups in total. The van der Waals surface area contributed by atoms with Crippen LogP contribution in [0.15, 0.2) is 49.1 Å². The zero-order valence-electron chi connectivity index (χ0n) is 16.2. The topological polar surface area (TPSA) is 90.3 Å². The first-order valence-corrected chi connectivity index (χ1v) is 9.56. The second kappa shape index (κ2) is 9.79. The second-order valence-corrected chi connectivity index (χ2v) is 6.36. The standard InChI is InChI=1S/C20H22ClN5O3/c1-3-28-15-6-8-19(29-4-2)17(10-15)23-11-20(27)25-16-9-14(21)5-7-18(16)26-13-22-12-24-26/h5-10,12-13,23H,3-4,11H2,1-2H3,(H,25,27). The predicted molar refractivity (Wildman–Crippen MR) is 112 cm³/mol. The molecule has 1 aromatic heterocycles. The van der Waals surface area contributed by atoms with Gasteiger partial charge < -0.3 is 20.1 Å². The molecule has 9 heteroatoms. The Kier molecular flexibility index (Phi) is 6.91. The van der Waals surface area contributed by atoms with E-state index < -0.39 is 0 Å². The number of anilines is 2. The van der Waals surface area contributed by atoms with E-state index in [-0.39, 0.29) is 12.5 Å². The quantitative estimate of drug-likeness (QED) is 0.553. The van der Waals surface area contributed by atoms with Crippen molar-refractivity contribution in [1.82, 2.24) is 14.8 Å². The van der Waals surface area contributed by atoms with Crippen LogP contribution in [0.1, 0.15) is 13.8 Å². The molecule has 152 valence electrons. The number of nitrogens with one attached hydrogen (secondary N) is 2. The average Bonchev–Trinajstić information content (AvgIpc) is 3.23. The smallest absolute Gasteiger partial charge is 0.243 e. The van der Waals surface area contributed by atoms with Gasteiger partial charge in [0.2, 0.25) is 5.91 Å². The summed E-state index contributed by atoms with van der Waals surface area (Å²) in [6.07, 6.45) is 2.97. The third-order valence-electron chi connectivity index (χ3n) is 3.90. The van der Waals surface area contributed by atoms with E-state index in [9.17, 15) is 4.79 Å². The van der Waals surface area contributed by atoms with Crippen LogP contribution >= 0.6 is 11.6 Å². The van der Waals surface area contributed by atoms with Gasteiger partial charge in [-0.05, 0) is 44.2 Å². The number of hydrogen-bond donors (Lipinski definition) is 2. The summed E-state index contributed by atoms with van der Waals surface area (Å²) in [5.41, 5.74) is 1.87. The lowest BCUT2D eigenvalue weighted by Crippen LogP contribution is -2.23. The fraction of sp³-hybridized carbons (Fsp3) is 0.250. The first-order valence-electron chi connectivity index (χ1n) is 9.18. The number of carbonyl (C=O) groups is 1. The maximum atomic E-state index is 12.6. The van der Waals surface area contributed by atoms with Gasteiger partial charge in [-0.15, -0.1) is 0 Å². The van der Waals surface area contributed by atoms with E-state index in [1.807, 2.05) is 32.0 Å². The molecule has 0 fully saturated rings. The largest absolute Gasteiger partial charge is 0.494 e. The number of rotatable bonds is 9. The van der Waals surface area contributed by atoms with Crippen molar-refractivity contribution >= 4 is 28.9 Å². The summed E-state index contributed by atoms with van der Waals surface area (Å²) < 4.78 is 12.7. The molecular formula is C20H22ClN5O3. The summed E-state index contributed by atoms with van der Waals surface area (Å²) in [6.45, 7) is 4.90. The highest BCUT2D eigenvalue weighted by Crippen LogP contribution is 2.29. The molecule has 3 rings (SSSR count). The van der Waals surface area contributed by atoms with E-state index in [0.717, 1.165) is 0 Å². The van der Waals surface area contributed by atoms with Crippen LogP contribution in [0, 0.1) is 0 Å². The molecule has 0 atom stereocenters. The Labute approximate surface area is 173 Å². The highest BCUT2D eigenvalue weighted by atomic mass is 35.5. The van der Waals surface area contributed by atoms with Gasteiger partial charge in [0, 0.05) is 11.1 Å². The van der Waals surface area contributed by atoms with Crippen molar-refractivity contribution in [3.05, 3.63) is 54.1 Å². The lowest BCUT2D eigenvalue weighted by molar-refractivity contribution is -0.114. The first-order chi connectivity index (χ1) is 14.1. The molecule has 2 aromatic carbocycles. The molecule has 29 heavy (non-hydrogen) atoms. The molecule has 1 heterocycles. The van der Waals surface area contributed by atoms with Crippen molar-refractivity contribution in [3.63, 3.8) is 0 Å². The number of ether oxygens (including phenoxy) is 2. The van der Waals surface area contributed by atoms with Gasteiger partial charge in [-0.1, -0.05) is 11.6 Å². The summed E-state index contributed by atoms with van der Waals surface area (Å²) >= 11 is 6.09. The fourth-order valence-electron chi connectivity index (χ4n) is 2.70. The van der Waals surface area contributed by atoms with Gasteiger partial charge in [-0.25, -0.2) is 9.67 Å². The maximum absolute atomic E-state index is 12.6. The normalized spacial score (nSPS) is 10.4. The zero-order valence-corrected chi connectivity index (χ0v) is 16.9. The SMILES string of the molecule is CCOc1ccc(OCC)c(NCC(=O)Nc2cc(Cl)ccc2-n2cncn2)c1. The second-order valence-electron chi connectivity index (χ2n) is 5.93. The summed E-state index contributed by atoms with van der Waals surface area (Å²) in [4.78, 5) is 16.5. The van der Waals surface area contributed by atoms with E-state index >= 15 is 0 Å². The van der Waals surface area contributed by atoms with Crippen LogP contribution in [0.4, 0.5) is 11.4 Å². The third kappa shape index (κ3) is 5.39. The molecule has 3 aromatic rings. The molecule has 0 aliphatic rings. The molecular weight excluding hydrogens is 394 g/mol. The summed E-state index contributed by atoms with van der Waals surface area (Å²) in [5.74, 6) is 1.09. The van der Waals surface area contributed by atoms with Crippen molar-refractivity contribution in [2.24, 2.45) is 0 Å². The van der Waals surface area contributed by atoms with Gasteiger partial charge in [0.15, 0.2) is 0 Å². The number of benzene rings is 2. The minimum absolute atomic E-state index is 0.0267. The fourth-order valence-corrected chi connectivity index (χ4v) is 2.87. The molecule has 0 aliphatic heterocycles. The van der Waals surface area contributed by atoms with E-state index in [4.69, 9.17) is 21.1 Å². The molecule has 8 nitrogen and oxygen atoms in total. The highest BCUT2D eigenvalue weighted by Gasteiger charge is 2.12. The summed E-state index contributed by atoms with van der Waals surface area (Å²) in [5, 5.41) is 10.6. The predicted octanol–water partition coefficient (Wildman–Crippen LogP) is 3.77. The lowest BCUT2D eigenvalue weighted by atomic mass is 10.2. The summed E-state index contributed by atoms with van der Waals surface area (Å²) in [6, 6.07) is 10.6. The Morgan fingerprint density at radius 2 is 1.93 bits per heavy atom. The molecule has 1 amide bonds. The van der Waals surface area contributed by atoms with Gasteiger partial charge in [0.1, 0.15) is 24.2 Å². The van der Waals surface area contributed by atoms with E-state index in [0.29, 0.717) is 46.8 Å². The number of amides is 1. The Morgan fingerprint density at radius 1 is 1.10 bits per heavy atom. The maximum Gasteiger partial charge on any atom is 0.243 e. The van der Waals surface area contributed by atoms with Crippen molar-refractivity contribution < 1.29 is 14.3 Å². The minimum atomic E-state index is -0.252. The molecule has 0 aliphatic carbocycles. The molecule has 0 unspecified atom stereocenters. The van der Waals surface area contributed by atoms with Crippen LogP contribution in [-0.2, 0) is 4.79 Å². The number of halogens is 1. The molecule has 0 saturated carbocycles.